The highest BCUT2D eigenvalue weighted by Crippen LogP contribution is 2.41. The average Bonchev–Trinajstić information content (AvgIpc) is 3.57. The zero-order valence-electron chi connectivity index (χ0n) is 22.0. The Bertz CT molecular complexity index is 1550. The Labute approximate surface area is 228 Å². The average molecular weight is 559 g/mol. The number of benzene rings is 1. The Morgan fingerprint density at radius 3 is 2.74 bits per heavy atom. The molecule has 1 amide bonds. The lowest BCUT2D eigenvalue weighted by Gasteiger charge is -2.26. The van der Waals surface area contributed by atoms with E-state index in [4.69, 9.17) is 20.9 Å². The number of aromatic nitrogens is 5. The SMILES string of the molecule is COC(C)(C)Cn1cc([C@@H](c2cc(F)ccc2Cl)[C@@H](C)c2nc(C(=O)Nc3cnoc3)c(O)c(=O)n2C)cn1. The van der Waals surface area contributed by atoms with Crippen molar-refractivity contribution >= 4 is 23.2 Å². The van der Waals surface area contributed by atoms with Gasteiger partial charge in [0.1, 0.15) is 23.6 Å². The maximum atomic E-state index is 14.4. The molecule has 0 saturated carbocycles. The van der Waals surface area contributed by atoms with Gasteiger partial charge in [-0.15, -0.1) is 0 Å². The van der Waals surface area contributed by atoms with Crippen LogP contribution in [0.5, 0.6) is 5.75 Å². The molecule has 3 heterocycles. The molecule has 0 aliphatic carbocycles. The van der Waals surface area contributed by atoms with Crippen LogP contribution in [-0.2, 0) is 18.3 Å². The van der Waals surface area contributed by atoms with Crippen molar-refractivity contribution in [2.45, 2.75) is 44.8 Å². The fraction of sp³-hybridized carbons (Fsp3) is 0.346. The zero-order chi connectivity index (χ0) is 28.5. The summed E-state index contributed by atoms with van der Waals surface area (Å²) >= 11 is 6.54. The van der Waals surface area contributed by atoms with Crippen LogP contribution < -0.4 is 10.9 Å². The Morgan fingerprint density at radius 2 is 2.08 bits per heavy atom. The molecule has 1 aromatic carbocycles. The maximum Gasteiger partial charge on any atom is 0.296 e. The summed E-state index contributed by atoms with van der Waals surface area (Å²) in [5, 5.41) is 21.2. The van der Waals surface area contributed by atoms with E-state index in [-0.39, 0.29) is 11.5 Å². The van der Waals surface area contributed by atoms with Crippen LogP contribution in [0.2, 0.25) is 5.02 Å². The van der Waals surface area contributed by atoms with Gasteiger partial charge < -0.3 is 19.7 Å². The number of nitrogens with one attached hydrogen (secondary N) is 1. The maximum absolute atomic E-state index is 14.4. The van der Waals surface area contributed by atoms with Gasteiger partial charge in [0.2, 0.25) is 5.75 Å². The number of halogens is 2. The number of aromatic hydroxyl groups is 1. The number of anilines is 1. The topological polar surface area (TPSA) is 137 Å². The minimum absolute atomic E-state index is 0.156. The fourth-order valence-electron chi connectivity index (χ4n) is 4.35. The summed E-state index contributed by atoms with van der Waals surface area (Å²) in [6, 6.07) is 4.02. The number of carbonyl (C=O) groups is 1. The lowest BCUT2D eigenvalue weighted by molar-refractivity contribution is 0.00539. The van der Waals surface area contributed by atoms with Gasteiger partial charge in [0, 0.05) is 37.2 Å². The molecule has 0 fully saturated rings. The molecule has 0 saturated heterocycles. The first-order valence-corrected chi connectivity index (χ1v) is 12.3. The van der Waals surface area contributed by atoms with Crippen LogP contribution in [0, 0.1) is 5.82 Å². The van der Waals surface area contributed by atoms with Crippen molar-refractivity contribution < 1.29 is 23.6 Å². The third-order valence-corrected chi connectivity index (χ3v) is 6.86. The van der Waals surface area contributed by atoms with Crippen molar-refractivity contribution in [3.05, 3.63) is 86.9 Å². The Kier molecular flexibility index (Phi) is 7.89. The molecule has 13 heteroatoms. The third-order valence-electron chi connectivity index (χ3n) is 6.51. The van der Waals surface area contributed by atoms with Gasteiger partial charge in [-0.1, -0.05) is 23.7 Å². The van der Waals surface area contributed by atoms with E-state index < -0.39 is 46.2 Å². The van der Waals surface area contributed by atoms with Gasteiger partial charge in [0.25, 0.3) is 11.5 Å². The predicted octanol–water partition coefficient (Wildman–Crippen LogP) is 4.08. The van der Waals surface area contributed by atoms with Crippen LogP contribution in [0.3, 0.4) is 0 Å². The molecular formula is C26H28ClFN6O5. The molecule has 39 heavy (non-hydrogen) atoms. The minimum Gasteiger partial charge on any atom is -0.501 e. The summed E-state index contributed by atoms with van der Waals surface area (Å²) in [6.45, 7) is 6.04. The molecule has 2 N–H and O–H groups in total. The third kappa shape index (κ3) is 5.86. The summed E-state index contributed by atoms with van der Waals surface area (Å²) in [6.07, 6.45) is 5.86. The van der Waals surface area contributed by atoms with Crippen LogP contribution in [0.1, 0.15) is 60.0 Å². The quantitative estimate of drug-likeness (QED) is 0.313. The summed E-state index contributed by atoms with van der Waals surface area (Å²) in [5.74, 6) is -3.28. The van der Waals surface area contributed by atoms with E-state index in [1.54, 1.807) is 31.1 Å². The summed E-state index contributed by atoms with van der Waals surface area (Å²) in [5.41, 5.74) is -0.498. The highest BCUT2D eigenvalue weighted by Gasteiger charge is 2.32. The molecule has 3 aromatic heterocycles. The number of carbonyl (C=O) groups excluding carboxylic acids is 1. The van der Waals surface area contributed by atoms with Crippen LogP contribution in [-0.4, -0.2) is 48.2 Å². The second-order valence-electron chi connectivity index (χ2n) is 9.77. The highest BCUT2D eigenvalue weighted by molar-refractivity contribution is 6.31. The van der Waals surface area contributed by atoms with Crippen LogP contribution >= 0.6 is 11.6 Å². The van der Waals surface area contributed by atoms with Gasteiger partial charge in [-0.2, -0.15) is 5.10 Å². The van der Waals surface area contributed by atoms with E-state index in [1.165, 1.54) is 37.7 Å². The first-order valence-electron chi connectivity index (χ1n) is 11.9. The monoisotopic (exact) mass is 558 g/mol. The number of rotatable bonds is 9. The van der Waals surface area contributed by atoms with E-state index in [9.17, 15) is 19.1 Å². The van der Waals surface area contributed by atoms with Gasteiger partial charge >= 0.3 is 0 Å². The summed E-state index contributed by atoms with van der Waals surface area (Å²) in [4.78, 5) is 30.3. The van der Waals surface area contributed by atoms with E-state index in [1.807, 2.05) is 13.8 Å². The van der Waals surface area contributed by atoms with Crippen molar-refractivity contribution in [3.63, 3.8) is 0 Å². The van der Waals surface area contributed by atoms with Crippen molar-refractivity contribution in [1.29, 1.82) is 0 Å². The molecule has 0 spiro atoms. The molecule has 11 nitrogen and oxygen atoms in total. The van der Waals surface area contributed by atoms with Crippen molar-refractivity contribution in [1.82, 2.24) is 24.5 Å². The van der Waals surface area contributed by atoms with Crippen molar-refractivity contribution in [3.8, 4) is 5.75 Å². The Hall–Kier alpha value is -4.03. The van der Waals surface area contributed by atoms with Crippen molar-refractivity contribution in [2.75, 3.05) is 12.4 Å². The van der Waals surface area contributed by atoms with E-state index >= 15 is 0 Å². The summed E-state index contributed by atoms with van der Waals surface area (Å²) in [7, 11) is 3.03. The van der Waals surface area contributed by atoms with Gasteiger partial charge in [-0.05, 0) is 43.2 Å². The van der Waals surface area contributed by atoms with Crippen LogP contribution in [0.4, 0.5) is 10.1 Å². The second kappa shape index (κ2) is 11.0. The smallest absolute Gasteiger partial charge is 0.296 e. The standard InChI is InChI=1S/C26H28ClFN6O5/c1-14(23-32-21(22(35)25(37)33(23)4)24(36)31-17-10-30-39-12-17)20(18-8-16(28)6-7-19(18)27)15-9-29-34(11-15)13-26(2,3)38-5/h6-12,14,20,35H,13H2,1-5H3,(H,31,36)/t14-,20+/m1/s1. The van der Waals surface area contributed by atoms with Gasteiger partial charge in [0.15, 0.2) is 5.69 Å². The Morgan fingerprint density at radius 1 is 1.33 bits per heavy atom. The van der Waals surface area contributed by atoms with E-state index in [0.717, 1.165) is 4.57 Å². The number of hydrogen-bond acceptors (Lipinski definition) is 8. The number of nitrogens with zero attached hydrogens (tertiary/aromatic N) is 5. The summed E-state index contributed by atoms with van der Waals surface area (Å²) < 4.78 is 27.5. The lowest BCUT2D eigenvalue weighted by atomic mass is 9.82. The highest BCUT2D eigenvalue weighted by atomic mass is 35.5. The second-order valence-corrected chi connectivity index (χ2v) is 10.2. The number of methoxy groups -OCH3 is 1. The van der Waals surface area contributed by atoms with Crippen LogP contribution in [0.25, 0.3) is 0 Å². The zero-order valence-corrected chi connectivity index (χ0v) is 22.7. The molecule has 206 valence electrons. The predicted molar refractivity (Wildman–Crippen MR) is 141 cm³/mol. The number of ether oxygens (including phenoxy) is 1. The fourth-order valence-corrected chi connectivity index (χ4v) is 4.59. The first kappa shape index (κ1) is 28.0. The van der Waals surface area contributed by atoms with Gasteiger partial charge in [-0.3, -0.25) is 18.8 Å². The molecule has 0 radical (unpaired) electrons. The van der Waals surface area contributed by atoms with Gasteiger partial charge in [0.05, 0.1) is 24.5 Å². The van der Waals surface area contributed by atoms with E-state index in [2.05, 4.69) is 20.6 Å². The lowest BCUT2D eigenvalue weighted by Crippen LogP contribution is -2.29. The molecule has 0 bridgehead atoms. The van der Waals surface area contributed by atoms with Gasteiger partial charge in [-0.25, -0.2) is 9.37 Å². The number of amides is 1. The van der Waals surface area contributed by atoms with Crippen LogP contribution in [0.15, 0.2) is 52.4 Å². The number of hydrogen-bond donors (Lipinski definition) is 2. The normalized spacial score (nSPS) is 13.3. The molecule has 4 aromatic rings. The van der Waals surface area contributed by atoms with Crippen molar-refractivity contribution in [2.24, 2.45) is 7.05 Å². The largest absolute Gasteiger partial charge is 0.501 e. The molecule has 0 unspecified atom stereocenters. The molecule has 2 atom stereocenters. The molecular weight excluding hydrogens is 531 g/mol. The minimum atomic E-state index is -0.836. The molecule has 0 aliphatic rings. The molecule has 0 aliphatic heterocycles. The first-order chi connectivity index (χ1) is 18.4. The Balaban J connectivity index is 1.83. The van der Waals surface area contributed by atoms with E-state index in [0.29, 0.717) is 22.7 Å². The molecule has 4 rings (SSSR count).